The number of halogens is 1. The summed E-state index contributed by atoms with van der Waals surface area (Å²) in [5.74, 6) is -2.13. The molecule has 0 bridgehead atoms. The molecular weight excluding hydrogens is 400 g/mol. The lowest BCUT2D eigenvalue weighted by Gasteiger charge is -2.36. The smallest absolute Gasteiger partial charge is 0.335 e. The number of aliphatic hydroxyl groups is 2. The van der Waals surface area contributed by atoms with Crippen LogP contribution in [0, 0.1) is 11.8 Å². The minimum Gasteiger partial charge on any atom is -0.479 e. The average Bonchev–Trinajstić information content (AvgIpc) is 3.02. The van der Waals surface area contributed by atoms with E-state index in [1.54, 1.807) is 0 Å². The monoisotopic (exact) mass is 431 g/mol. The molecule has 1 aliphatic rings. The number of hydrogen-bond donors (Lipinski definition) is 5. The Hall–Kier alpha value is -1.71. The van der Waals surface area contributed by atoms with Crippen molar-refractivity contribution in [3.8, 4) is 0 Å². The number of likely N-dealkylation sites (tertiary alicyclic amines) is 1. The zero-order valence-electron chi connectivity index (χ0n) is 16.9. The first kappa shape index (κ1) is 25.3. The number of nitrogens with zero attached hydrogens (tertiary/aromatic N) is 1. The quantitative estimate of drug-likeness (QED) is 0.389. The molecule has 0 amide bonds. The second kappa shape index (κ2) is 11.5. The number of carbonyl (C=O) groups is 2. The fourth-order valence-corrected chi connectivity index (χ4v) is 4.03. The van der Waals surface area contributed by atoms with Crippen LogP contribution in [0.2, 0.25) is 5.02 Å². The van der Waals surface area contributed by atoms with Crippen molar-refractivity contribution in [3.05, 3.63) is 34.9 Å². The number of aliphatic carboxylic acids is 2. The van der Waals surface area contributed by atoms with Gasteiger partial charge in [0.05, 0.1) is 19.6 Å². The second-order valence-corrected chi connectivity index (χ2v) is 8.51. The summed E-state index contributed by atoms with van der Waals surface area (Å²) in [6, 6.07) is 8.31. The third-order valence-electron chi connectivity index (χ3n) is 4.96. The number of benzene rings is 1. The van der Waals surface area contributed by atoms with Gasteiger partial charge >= 0.3 is 11.9 Å². The van der Waals surface area contributed by atoms with Crippen LogP contribution >= 0.6 is 11.6 Å². The summed E-state index contributed by atoms with van der Waals surface area (Å²) in [7, 11) is 0. The molecule has 0 spiro atoms. The van der Waals surface area contributed by atoms with Crippen LogP contribution in [0.3, 0.4) is 0 Å². The van der Waals surface area contributed by atoms with Gasteiger partial charge in [0.25, 0.3) is 0 Å². The number of nitrogens with two attached hydrogens (primary N) is 1. The first-order chi connectivity index (χ1) is 13.5. The first-order valence-corrected chi connectivity index (χ1v) is 9.99. The zero-order chi connectivity index (χ0) is 22.2. The van der Waals surface area contributed by atoms with Gasteiger partial charge in [-0.2, -0.15) is 0 Å². The van der Waals surface area contributed by atoms with Crippen LogP contribution in [-0.2, 0) is 16.1 Å². The van der Waals surface area contributed by atoms with E-state index in [0.29, 0.717) is 5.92 Å². The van der Waals surface area contributed by atoms with Gasteiger partial charge in [0.1, 0.15) is 6.54 Å². The molecule has 1 fully saturated rings. The molecule has 2 rings (SSSR count). The minimum absolute atomic E-state index is 0.693. The van der Waals surface area contributed by atoms with Crippen LogP contribution in [0.5, 0.6) is 0 Å². The Morgan fingerprint density at radius 3 is 2.21 bits per heavy atom. The van der Waals surface area contributed by atoms with E-state index in [1.165, 1.54) is 36.1 Å². The highest BCUT2D eigenvalue weighted by atomic mass is 35.5. The molecule has 0 aliphatic carbocycles. The van der Waals surface area contributed by atoms with Gasteiger partial charge in [-0.15, -0.1) is 0 Å². The summed E-state index contributed by atoms with van der Waals surface area (Å²) < 4.78 is 1.18. The summed E-state index contributed by atoms with van der Waals surface area (Å²) >= 11 is 6.11. The lowest BCUT2D eigenvalue weighted by atomic mass is 10.1. The van der Waals surface area contributed by atoms with Gasteiger partial charge in [-0.25, -0.2) is 9.59 Å². The Bertz CT molecular complexity index is 669. The Balaban J connectivity index is 0.000000359. The van der Waals surface area contributed by atoms with Crippen molar-refractivity contribution in [2.24, 2.45) is 17.6 Å². The largest absolute Gasteiger partial charge is 0.479 e. The van der Waals surface area contributed by atoms with Gasteiger partial charge in [0.15, 0.2) is 12.2 Å². The number of hydrogen-bond acceptors (Lipinski definition) is 5. The fourth-order valence-electron chi connectivity index (χ4n) is 3.82. The molecule has 1 aromatic carbocycles. The highest BCUT2D eigenvalue weighted by molar-refractivity contribution is 6.30. The molecule has 0 aromatic heterocycles. The van der Waals surface area contributed by atoms with Crippen molar-refractivity contribution in [1.29, 1.82) is 0 Å². The van der Waals surface area contributed by atoms with E-state index in [0.717, 1.165) is 24.0 Å². The fraction of sp³-hybridized carbons (Fsp3) is 0.600. The third-order valence-corrected chi connectivity index (χ3v) is 5.19. The molecule has 1 aromatic rings. The van der Waals surface area contributed by atoms with E-state index in [4.69, 9.17) is 37.8 Å². The van der Waals surface area contributed by atoms with Crippen LogP contribution < -0.4 is 5.73 Å². The SMILES string of the molecule is CC(C)C[N+]1(Cc2cccc(Cl)c2)CC[C@H](CN)C1.O=C(O)C(O)C(O)C(=O)O. The van der Waals surface area contributed by atoms with Crippen molar-refractivity contribution < 1.29 is 34.5 Å². The van der Waals surface area contributed by atoms with E-state index >= 15 is 0 Å². The number of aliphatic hydroxyl groups excluding tert-OH is 2. The van der Waals surface area contributed by atoms with E-state index in [9.17, 15) is 9.59 Å². The van der Waals surface area contributed by atoms with Crippen molar-refractivity contribution in [1.82, 2.24) is 0 Å². The van der Waals surface area contributed by atoms with E-state index in [2.05, 4.69) is 32.0 Å². The zero-order valence-corrected chi connectivity index (χ0v) is 17.6. The molecule has 4 atom stereocenters. The summed E-state index contributed by atoms with van der Waals surface area (Å²) in [5, 5.41) is 33.4. The highest BCUT2D eigenvalue weighted by Gasteiger charge is 2.38. The maximum atomic E-state index is 9.77. The minimum atomic E-state index is -2.27. The van der Waals surface area contributed by atoms with Crippen molar-refractivity contribution in [3.63, 3.8) is 0 Å². The topological polar surface area (TPSA) is 141 Å². The van der Waals surface area contributed by atoms with Crippen molar-refractivity contribution in [2.75, 3.05) is 26.2 Å². The Morgan fingerprint density at radius 2 is 1.79 bits per heavy atom. The number of carboxylic acids is 2. The standard InChI is InChI=1S/C16H26ClN2.C4H6O6/c1-13(2)10-19(7-6-15(9-18)12-19)11-14-4-3-5-16(17)8-14;5-1(3(7)8)2(6)4(9)10/h3-5,8,13,15H,6-7,9-12,18H2,1-2H3;1-2,5-6H,(H,7,8)(H,9,10)/q+1;/t15-,19?;/m1./s1. The number of rotatable bonds is 8. The summed E-state index contributed by atoms with van der Waals surface area (Å²) in [6.07, 6.45) is -3.26. The van der Waals surface area contributed by atoms with E-state index in [1.807, 2.05) is 6.07 Å². The number of carboxylic acid groups (broad SMARTS) is 2. The third kappa shape index (κ3) is 8.28. The number of quaternary nitrogens is 1. The molecule has 3 unspecified atom stereocenters. The van der Waals surface area contributed by atoms with E-state index in [-0.39, 0.29) is 0 Å². The van der Waals surface area contributed by atoms with Gasteiger partial charge in [-0.3, -0.25) is 0 Å². The molecular formula is C20H32ClN2O6+. The summed E-state index contributed by atoms with van der Waals surface area (Å²) in [4.78, 5) is 19.5. The van der Waals surface area contributed by atoms with Gasteiger partial charge in [-0.1, -0.05) is 37.6 Å². The molecule has 0 saturated carbocycles. The van der Waals surface area contributed by atoms with Gasteiger partial charge < -0.3 is 30.6 Å². The molecule has 1 aliphatic heterocycles. The predicted octanol–water partition coefficient (Wildman–Crippen LogP) is 1.17. The Kier molecular flexibility index (Phi) is 10.0. The first-order valence-electron chi connectivity index (χ1n) is 9.61. The lowest BCUT2D eigenvalue weighted by Crippen LogP contribution is -2.48. The van der Waals surface area contributed by atoms with Crippen molar-refractivity contribution >= 4 is 23.5 Å². The van der Waals surface area contributed by atoms with Gasteiger partial charge in [0, 0.05) is 35.4 Å². The van der Waals surface area contributed by atoms with E-state index < -0.39 is 24.1 Å². The molecule has 8 nitrogen and oxygen atoms in total. The summed E-state index contributed by atoms with van der Waals surface area (Å²) in [5.41, 5.74) is 7.22. The van der Waals surface area contributed by atoms with Crippen LogP contribution in [0.25, 0.3) is 0 Å². The Labute approximate surface area is 176 Å². The molecule has 1 saturated heterocycles. The second-order valence-electron chi connectivity index (χ2n) is 8.07. The normalized spacial score (nSPS) is 23.2. The predicted molar refractivity (Wildman–Crippen MR) is 109 cm³/mol. The Morgan fingerprint density at radius 1 is 1.21 bits per heavy atom. The molecule has 1 heterocycles. The van der Waals surface area contributed by atoms with Crippen LogP contribution in [0.4, 0.5) is 0 Å². The molecule has 0 radical (unpaired) electrons. The van der Waals surface area contributed by atoms with Crippen LogP contribution in [0.1, 0.15) is 25.8 Å². The van der Waals surface area contributed by atoms with Crippen molar-refractivity contribution in [2.45, 2.75) is 39.0 Å². The maximum absolute atomic E-state index is 9.77. The average molecular weight is 432 g/mol. The summed E-state index contributed by atoms with van der Waals surface area (Å²) in [6.45, 7) is 10.3. The molecule has 164 valence electrons. The van der Waals surface area contributed by atoms with Crippen LogP contribution in [0.15, 0.2) is 24.3 Å². The van der Waals surface area contributed by atoms with Gasteiger partial charge in [-0.05, 0) is 12.1 Å². The lowest BCUT2D eigenvalue weighted by molar-refractivity contribution is -0.933. The highest BCUT2D eigenvalue weighted by Crippen LogP contribution is 2.29. The molecule has 6 N–H and O–H groups in total. The van der Waals surface area contributed by atoms with Gasteiger partial charge in [0.2, 0.25) is 0 Å². The molecule has 9 heteroatoms. The maximum Gasteiger partial charge on any atom is 0.335 e. The van der Waals surface area contributed by atoms with Crippen LogP contribution in [-0.4, -0.2) is 75.2 Å². The molecule has 29 heavy (non-hydrogen) atoms.